The van der Waals surface area contributed by atoms with Crippen molar-refractivity contribution in [1.82, 2.24) is 9.88 Å². The van der Waals surface area contributed by atoms with Gasteiger partial charge in [-0.3, -0.25) is 24.1 Å². The Kier molecular flexibility index (Phi) is 7.70. The summed E-state index contributed by atoms with van der Waals surface area (Å²) in [5, 5.41) is 5.79. The predicted molar refractivity (Wildman–Crippen MR) is 121 cm³/mol. The molecule has 0 saturated carbocycles. The molecular weight excluding hydrogens is 432 g/mol. The second-order valence-corrected chi connectivity index (χ2v) is 8.40. The molecule has 0 atom stereocenters. The maximum absolute atomic E-state index is 13.0. The molecule has 0 spiro atoms. The Morgan fingerprint density at radius 2 is 2.00 bits per heavy atom. The Bertz CT molecular complexity index is 1050. The molecule has 2 aromatic rings. The van der Waals surface area contributed by atoms with Crippen molar-refractivity contribution >= 4 is 45.7 Å². The zero-order valence-electron chi connectivity index (χ0n) is 18.3. The fourth-order valence-corrected chi connectivity index (χ4v) is 4.84. The number of ketones is 1. The first kappa shape index (κ1) is 23.6. The largest absolute Gasteiger partial charge is 0.466 e. The van der Waals surface area contributed by atoms with E-state index >= 15 is 0 Å². The summed E-state index contributed by atoms with van der Waals surface area (Å²) in [6, 6.07) is 2.98. The number of hydrogen-bond acceptors (Lipinski definition) is 8. The van der Waals surface area contributed by atoms with E-state index in [1.54, 1.807) is 6.92 Å². The smallest absolute Gasteiger partial charge is 0.313 e. The Morgan fingerprint density at radius 3 is 2.69 bits per heavy atom. The van der Waals surface area contributed by atoms with E-state index in [0.717, 1.165) is 23.5 Å². The lowest BCUT2D eigenvalue weighted by Crippen LogP contribution is -2.30. The van der Waals surface area contributed by atoms with E-state index in [1.165, 1.54) is 36.6 Å². The molecule has 0 fully saturated rings. The normalized spacial score (nSPS) is 13.2. The van der Waals surface area contributed by atoms with Crippen LogP contribution >= 0.6 is 11.3 Å². The average Bonchev–Trinajstić information content (AvgIpc) is 3.10. The molecule has 10 heteroatoms. The first-order chi connectivity index (χ1) is 15.3. The Balaban J connectivity index is 1.90. The molecule has 9 nitrogen and oxygen atoms in total. The second kappa shape index (κ2) is 10.5. The SMILES string of the molecule is CCOC(=O)CC(=O)c1c(NC(=O)c2ccnc(NC(C)=O)c2)sc2c1CCN(CC)C2. The zero-order valence-corrected chi connectivity index (χ0v) is 19.1. The van der Waals surface area contributed by atoms with E-state index in [4.69, 9.17) is 4.74 Å². The molecule has 2 amide bonds. The number of thiophene rings is 1. The number of amides is 2. The van der Waals surface area contributed by atoms with Crippen LogP contribution in [0.2, 0.25) is 0 Å². The third-order valence-electron chi connectivity index (χ3n) is 5.03. The van der Waals surface area contributed by atoms with Crippen molar-refractivity contribution in [3.63, 3.8) is 0 Å². The Labute approximate surface area is 190 Å². The zero-order chi connectivity index (χ0) is 23.3. The Hall–Kier alpha value is -3.11. The first-order valence-electron chi connectivity index (χ1n) is 10.4. The maximum Gasteiger partial charge on any atom is 0.313 e. The number of anilines is 2. The molecule has 0 bridgehead atoms. The minimum absolute atomic E-state index is 0.196. The summed E-state index contributed by atoms with van der Waals surface area (Å²) in [4.78, 5) is 56.4. The van der Waals surface area contributed by atoms with E-state index in [1.807, 2.05) is 0 Å². The minimum atomic E-state index is -0.588. The van der Waals surface area contributed by atoms with Crippen LogP contribution in [0.3, 0.4) is 0 Å². The number of fused-ring (bicyclic) bond motifs is 1. The van der Waals surface area contributed by atoms with Gasteiger partial charge >= 0.3 is 5.97 Å². The van der Waals surface area contributed by atoms with Gasteiger partial charge in [0.05, 0.1) is 12.2 Å². The number of rotatable bonds is 8. The lowest BCUT2D eigenvalue weighted by molar-refractivity contribution is -0.142. The molecule has 0 unspecified atom stereocenters. The summed E-state index contributed by atoms with van der Waals surface area (Å²) < 4.78 is 4.93. The van der Waals surface area contributed by atoms with E-state index in [0.29, 0.717) is 23.5 Å². The average molecular weight is 459 g/mol. The third kappa shape index (κ3) is 5.57. The highest BCUT2D eigenvalue weighted by Crippen LogP contribution is 2.38. The van der Waals surface area contributed by atoms with Crippen LogP contribution in [0.1, 0.15) is 58.3 Å². The van der Waals surface area contributed by atoms with Crippen molar-refractivity contribution in [2.75, 3.05) is 30.3 Å². The minimum Gasteiger partial charge on any atom is -0.466 e. The predicted octanol–water partition coefficient (Wildman–Crippen LogP) is 2.87. The number of ether oxygens (including phenoxy) is 1. The number of Topliss-reactive ketones (excluding diaryl/α,β-unsaturated/α-hetero) is 1. The fourth-order valence-electron chi connectivity index (χ4n) is 3.54. The summed E-state index contributed by atoms with van der Waals surface area (Å²) in [7, 11) is 0. The molecule has 1 aliphatic heterocycles. The van der Waals surface area contributed by atoms with Gasteiger partial charge in [-0.1, -0.05) is 6.92 Å². The number of likely N-dealkylation sites (N-methyl/N-ethyl adjacent to an activating group) is 1. The molecule has 1 aliphatic rings. The van der Waals surface area contributed by atoms with Gasteiger partial charge < -0.3 is 15.4 Å². The van der Waals surface area contributed by atoms with Gasteiger partial charge in [-0.15, -0.1) is 11.3 Å². The van der Waals surface area contributed by atoms with Gasteiger partial charge in [0.15, 0.2) is 5.78 Å². The summed E-state index contributed by atoms with van der Waals surface area (Å²) in [6.07, 6.45) is 1.71. The molecule has 0 saturated heterocycles. The Morgan fingerprint density at radius 1 is 1.22 bits per heavy atom. The number of esters is 1. The van der Waals surface area contributed by atoms with Crippen molar-refractivity contribution in [2.24, 2.45) is 0 Å². The summed E-state index contributed by atoms with van der Waals surface area (Å²) >= 11 is 1.36. The molecule has 0 aliphatic carbocycles. The number of carbonyl (C=O) groups excluding carboxylic acids is 4. The van der Waals surface area contributed by atoms with Crippen LogP contribution < -0.4 is 10.6 Å². The van der Waals surface area contributed by atoms with Crippen LogP contribution in [-0.2, 0) is 27.3 Å². The monoisotopic (exact) mass is 458 g/mol. The third-order valence-corrected chi connectivity index (χ3v) is 6.16. The molecule has 2 aromatic heterocycles. The number of hydrogen-bond donors (Lipinski definition) is 2. The summed E-state index contributed by atoms with van der Waals surface area (Å²) in [5.74, 6) is -1.43. The van der Waals surface area contributed by atoms with Crippen LogP contribution in [0.5, 0.6) is 0 Å². The van der Waals surface area contributed by atoms with Gasteiger partial charge in [0, 0.05) is 36.7 Å². The summed E-state index contributed by atoms with van der Waals surface area (Å²) in [6.45, 7) is 7.68. The quantitative estimate of drug-likeness (QED) is 0.355. The molecule has 0 radical (unpaired) electrons. The van der Waals surface area contributed by atoms with Gasteiger partial charge in [0.25, 0.3) is 5.91 Å². The highest BCUT2D eigenvalue weighted by molar-refractivity contribution is 7.17. The van der Waals surface area contributed by atoms with Crippen molar-refractivity contribution in [2.45, 2.75) is 40.2 Å². The van der Waals surface area contributed by atoms with Crippen molar-refractivity contribution < 1.29 is 23.9 Å². The number of pyridine rings is 1. The second-order valence-electron chi connectivity index (χ2n) is 7.30. The molecule has 3 rings (SSSR count). The standard InChI is InChI=1S/C22H26N4O5S/c1-4-26-9-7-15-17(12-26)32-22(20(15)16(28)11-19(29)31-5-2)25-21(30)14-6-8-23-18(10-14)24-13(3)27/h6,8,10H,4-5,7,9,11-12H2,1-3H3,(H,25,30)(H,23,24,27). The van der Waals surface area contributed by atoms with Crippen LogP contribution in [0.25, 0.3) is 0 Å². The van der Waals surface area contributed by atoms with Gasteiger partial charge in [-0.25, -0.2) is 4.98 Å². The topological polar surface area (TPSA) is 118 Å². The van der Waals surface area contributed by atoms with Gasteiger partial charge in [-0.2, -0.15) is 0 Å². The highest BCUT2D eigenvalue weighted by atomic mass is 32.1. The van der Waals surface area contributed by atoms with Crippen LogP contribution in [0.15, 0.2) is 18.3 Å². The number of nitrogens with one attached hydrogen (secondary N) is 2. The number of nitrogens with zero attached hydrogens (tertiary/aromatic N) is 2. The van der Waals surface area contributed by atoms with Gasteiger partial charge in [-0.05, 0) is 37.6 Å². The fraction of sp³-hybridized carbons (Fsp3) is 0.409. The van der Waals surface area contributed by atoms with E-state index in [-0.39, 0.29) is 36.1 Å². The molecule has 32 heavy (non-hydrogen) atoms. The summed E-state index contributed by atoms with van der Waals surface area (Å²) in [5.41, 5.74) is 1.56. The lowest BCUT2D eigenvalue weighted by Gasteiger charge is -2.25. The van der Waals surface area contributed by atoms with Gasteiger partial charge in [0.2, 0.25) is 5.91 Å². The molecule has 2 N–H and O–H groups in total. The first-order valence-corrected chi connectivity index (χ1v) is 11.2. The molecular formula is C22H26N4O5S. The van der Waals surface area contributed by atoms with Crippen LogP contribution in [0, 0.1) is 0 Å². The van der Waals surface area contributed by atoms with Crippen molar-refractivity contribution in [1.29, 1.82) is 0 Å². The van der Waals surface area contributed by atoms with Crippen molar-refractivity contribution in [3.05, 3.63) is 39.9 Å². The highest BCUT2D eigenvalue weighted by Gasteiger charge is 2.29. The van der Waals surface area contributed by atoms with Crippen LogP contribution in [-0.4, -0.2) is 53.1 Å². The van der Waals surface area contributed by atoms with E-state index < -0.39 is 11.9 Å². The molecule has 170 valence electrons. The van der Waals surface area contributed by atoms with Crippen molar-refractivity contribution in [3.8, 4) is 0 Å². The van der Waals surface area contributed by atoms with E-state index in [9.17, 15) is 19.2 Å². The molecule has 0 aromatic carbocycles. The maximum atomic E-state index is 13.0. The van der Waals surface area contributed by atoms with E-state index in [2.05, 4.69) is 27.4 Å². The van der Waals surface area contributed by atoms with Gasteiger partial charge in [0.1, 0.15) is 17.2 Å². The lowest BCUT2D eigenvalue weighted by atomic mass is 9.98. The number of carbonyl (C=O) groups is 4. The molecule has 3 heterocycles. The van der Waals surface area contributed by atoms with Crippen LogP contribution in [0.4, 0.5) is 10.8 Å². The number of aromatic nitrogens is 1.